The summed E-state index contributed by atoms with van der Waals surface area (Å²) in [5.74, 6) is -1.37. The van der Waals surface area contributed by atoms with Crippen molar-refractivity contribution in [1.82, 2.24) is 14.5 Å². The monoisotopic (exact) mass is 383 g/mol. The predicted octanol–water partition coefficient (Wildman–Crippen LogP) is 0.573. The van der Waals surface area contributed by atoms with E-state index in [1.165, 1.54) is 21.3 Å². The second-order valence-electron chi connectivity index (χ2n) is 6.65. The quantitative estimate of drug-likeness (QED) is 0.827. The molecule has 2 saturated heterocycles. The van der Waals surface area contributed by atoms with Crippen LogP contribution >= 0.6 is 0 Å². The number of carbonyl (C=O) groups is 2. The molecule has 0 radical (unpaired) electrons. The number of amides is 2. The van der Waals surface area contributed by atoms with Crippen molar-refractivity contribution in [3.63, 3.8) is 0 Å². The molecule has 2 unspecified atom stereocenters. The molecule has 2 aliphatic heterocycles. The van der Waals surface area contributed by atoms with Gasteiger partial charge in [-0.1, -0.05) is 0 Å². The molecule has 0 saturated carbocycles. The van der Waals surface area contributed by atoms with Crippen LogP contribution in [0, 0.1) is 11.7 Å². The molecule has 0 aromatic heterocycles. The maximum absolute atomic E-state index is 13.1. The Morgan fingerprint density at radius 2 is 1.92 bits per heavy atom. The van der Waals surface area contributed by atoms with Crippen molar-refractivity contribution >= 4 is 21.8 Å². The molecule has 2 aliphatic rings. The number of rotatable bonds is 3. The number of benzene rings is 1. The molecule has 2 amide bonds. The standard InChI is InChI=1S/C17H22FN3O4S/c1-12-16(22)19-8-10-21(12)17(23)13-3-2-9-20(11-13)26(24,25)15-6-4-14(18)5-7-15/h4-7,12-13H,2-3,8-11H2,1H3,(H,19,22). The average Bonchev–Trinajstić information content (AvgIpc) is 2.64. The van der Waals surface area contributed by atoms with Gasteiger partial charge in [0.1, 0.15) is 11.9 Å². The highest BCUT2D eigenvalue weighted by Gasteiger charge is 2.38. The third-order valence-corrected chi connectivity index (χ3v) is 6.85. The van der Waals surface area contributed by atoms with Crippen LogP contribution in [0.2, 0.25) is 0 Å². The number of nitrogens with one attached hydrogen (secondary N) is 1. The second-order valence-corrected chi connectivity index (χ2v) is 8.59. The topological polar surface area (TPSA) is 86.8 Å². The zero-order valence-electron chi connectivity index (χ0n) is 14.5. The highest BCUT2D eigenvalue weighted by Crippen LogP contribution is 2.26. The summed E-state index contributed by atoms with van der Waals surface area (Å²) >= 11 is 0. The van der Waals surface area contributed by atoms with Gasteiger partial charge in [0.25, 0.3) is 0 Å². The minimum absolute atomic E-state index is 0.0118. The molecule has 26 heavy (non-hydrogen) atoms. The Bertz CT molecular complexity index is 797. The molecule has 1 aromatic rings. The lowest BCUT2D eigenvalue weighted by Gasteiger charge is -2.38. The van der Waals surface area contributed by atoms with E-state index in [1.807, 2.05) is 0 Å². The molecule has 3 rings (SSSR count). The molecule has 2 fully saturated rings. The van der Waals surface area contributed by atoms with Gasteiger partial charge in [-0.25, -0.2) is 12.8 Å². The molecule has 9 heteroatoms. The van der Waals surface area contributed by atoms with Gasteiger partial charge in [-0.3, -0.25) is 9.59 Å². The first-order valence-corrected chi connectivity index (χ1v) is 10.1. The largest absolute Gasteiger partial charge is 0.353 e. The zero-order chi connectivity index (χ0) is 18.9. The molecule has 2 heterocycles. The predicted molar refractivity (Wildman–Crippen MR) is 92.1 cm³/mol. The molecular weight excluding hydrogens is 361 g/mol. The SMILES string of the molecule is CC1C(=O)NCCN1C(=O)C1CCCN(S(=O)(=O)c2ccc(F)cc2)C1. The number of sulfonamides is 1. The zero-order valence-corrected chi connectivity index (χ0v) is 15.3. The summed E-state index contributed by atoms with van der Waals surface area (Å²) in [5, 5.41) is 2.71. The number of piperazine rings is 1. The lowest BCUT2D eigenvalue weighted by molar-refractivity contribution is -0.146. The van der Waals surface area contributed by atoms with E-state index in [2.05, 4.69) is 5.32 Å². The molecule has 0 aliphatic carbocycles. The Kier molecular flexibility index (Phi) is 5.29. The van der Waals surface area contributed by atoms with E-state index < -0.39 is 27.8 Å². The molecule has 1 aromatic carbocycles. The van der Waals surface area contributed by atoms with Crippen molar-refractivity contribution in [3.05, 3.63) is 30.1 Å². The normalized spacial score (nSPS) is 25.0. The van der Waals surface area contributed by atoms with Gasteiger partial charge in [-0.05, 0) is 44.0 Å². The Morgan fingerprint density at radius 3 is 2.62 bits per heavy atom. The fraction of sp³-hybridized carbons (Fsp3) is 0.529. The van der Waals surface area contributed by atoms with Gasteiger partial charge in [0.15, 0.2) is 0 Å². The molecule has 7 nitrogen and oxygen atoms in total. The summed E-state index contributed by atoms with van der Waals surface area (Å²) in [6, 6.07) is 4.11. The van der Waals surface area contributed by atoms with Crippen LogP contribution < -0.4 is 5.32 Å². The van der Waals surface area contributed by atoms with Crippen LogP contribution in [-0.2, 0) is 19.6 Å². The molecule has 0 spiro atoms. The maximum Gasteiger partial charge on any atom is 0.243 e. The first-order valence-electron chi connectivity index (χ1n) is 8.64. The van der Waals surface area contributed by atoms with E-state index in [9.17, 15) is 22.4 Å². The van der Waals surface area contributed by atoms with Crippen LogP contribution in [0.15, 0.2) is 29.2 Å². The summed E-state index contributed by atoms with van der Waals surface area (Å²) < 4.78 is 39.9. The number of hydrogen-bond donors (Lipinski definition) is 1. The first kappa shape index (κ1) is 18.8. The van der Waals surface area contributed by atoms with Crippen molar-refractivity contribution in [2.24, 2.45) is 5.92 Å². The van der Waals surface area contributed by atoms with E-state index in [1.54, 1.807) is 6.92 Å². The van der Waals surface area contributed by atoms with Gasteiger partial charge in [0.2, 0.25) is 21.8 Å². The van der Waals surface area contributed by atoms with Gasteiger partial charge in [0.05, 0.1) is 10.8 Å². The number of piperidine rings is 1. The van der Waals surface area contributed by atoms with Crippen LogP contribution in [0.5, 0.6) is 0 Å². The molecule has 0 bridgehead atoms. The van der Waals surface area contributed by atoms with Crippen molar-refractivity contribution in [2.45, 2.75) is 30.7 Å². The van der Waals surface area contributed by atoms with E-state index in [-0.39, 0.29) is 23.3 Å². The number of carbonyl (C=O) groups excluding carboxylic acids is 2. The first-order chi connectivity index (χ1) is 12.3. The summed E-state index contributed by atoms with van der Waals surface area (Å²) in [6.07, 6.45) is 1.14. The highest BCUT2D eigenvalue weighted by molar-refractivity contribution is 7.89. The third-order valence-electron chi connectivity index (χ3n) is 4.97. The van der Waals surface area contributed by atoms with Gasteiger partial charge in [0, 0.05) is 26.2 Å². The van der Waals surface area contributed by atoms with Gasteiger partial charge in [-0.15, -0.1) is 0 Å². The van der Waals surface area contributed by atoms with Crippen LogP contribution in [0.1, 0.15) is 19.8 Å². The number of hydrogen-bond acceptors (Lipinski definition) is 4. The lowest BCUT2D eigenvalue weighted by Crippen LogP contribution is -2.58. The van der Waals surface area contributed by atoms with Crippen LogP contribution in [-0.4, -0.2) is 61.7 Å². The Morgan fingerprint density at radius 1 is 1.23 bits per heavy atom. The maximum atomic E-state index is 13.1. The second kappa shape index (κ2) is 7.32. The van der Waals surface area contributed by atoms with E-state index in [0.717, 1.165) is 12.1 Å². The molecular formula is C17H22FN3O4S. The Hall–Kier alpha value is -2.00. The van der Waals surface area contributed by atoms with Crippen molar-refractivity contribution in [1.29, 1.82) is 0 Å². The van der Waals surface area contributed by atoms with Crippen LogP contribution in [0.25, 0.3) is 0 Å². The number of halogens is 1. The van der Waals surface area contributed by atoms with Crippen LogP contribution in [0.3, 0.4) is 0 Å². The summed E-state index contributed by atoms with van der Waals surface area (Å²) in [4.78, 5) is 26.2. The smallest absolute Gasteiger partial charge is 0.243 e. The van der Waals surface area contributed by atoms with Crippen LogP contribution in [0.4, 0.5) is 4.39 Å². The number of nitrogens with zero attached hydrogens (tertiary/aromatic N) is 2. The fourth-order valence-electron chi connectivity index (χ4n) is 3.44. The van der Waals surface area contributed by atoms with Gasteiger partial charge < -0.3 is 10.2 Å². The van der Waals surface area contributed by atoms with Crippen molar-refractivity contribution in [2.75, 3.05) is 26.2 Å². The van der Waals surface area contributed by atoms with E-state index >= 15 is 0 Å². The summed E-state index contributed by atoms with van der Waals surface area (Å²) in [7, 11) is -3.78. The summed E-state index contributed by atoms with van der Waals surface area (Å²) in [6.45, 7) is 2.89. The van der Waals surface area contributed by atoms with Gasteiger partial charge >= 0.3 is 0 Å². The van der Waals surface area contributed by atoms with Crippen molar-refractivity contribution in [3.8, 4) is 0 Å². The fourth-order valence-corrected chi connectivity index (χ4v) is 4.96. The minimum Gasteiger partial charge on any atom is -0.353 e. The molecule has 142 valence electrons. The average molecular weight is 383 g/mol. The Labute approximate surface area is 152 Å². The highest BCUT2D eigenvalue weighted by atomic mass is 32.2. The molecule has 1 N–H and O–H groups in total. The Balaban J connectivity index is 1.75. The minimum atomic E-state index is -3.78. The summed E-state index contributed by atoms with van der Waals surface area (Å²) in [5.41, 5.74) is 0. The van der Waals surface area contributed by atoms with Crippen molar-refractivity contribution < 1.29 is 22.4 Å². The van der Waals surface area contributed by atoms with E-state index in [4.69, 9.17) is 0 Å². The lowest BCUT2D eigenvalue weighted by atomic mass is 9.97. The van der Waals surface area contributed by atoms with Gasteiger partial charge in [-0.2, -0.15) is 4.31 Å². The third kappa shape index (κ3) is 3.59. The molecule has 2 atom stereocenters. The van der Waals surface area contributed by atoms with E-state index in [0.29, 0.717) is 32.5 Å².